The summed E-state index contributed by atoms with van der Waals surface area (Å²) in [4.78, 5) is 27.5. The van der Waals surface area contributed by atoms with Gasteiger partial charge in [-0.1, -0.05) is 0 Å². The highest BCUT2D eigenvalue weighted by Crippen LogP contribution is 2.35. The van der Waals surface area contributed by atoms with E-state index in [4.69, 9.17) is 9.79 Å². The molecule has 6 nitrogen and oxygen atoms in total. The maximum atomic E-state index is 10.8. The van der Waals surface area contributed by atoms with Gasteiger partial charge >= 0.3 is 13.8 Å². The Labute approximate surface area is 81.8 Å². The molecule has 7 heteroatoms. The largest absolute Gasteiger partial charge is 0.469 e. The van der Waals surface area contributed by atoms with Crippen molar-refractivity contribution in [3.8, 4) is 0 Å². The molecule has 0 heterocycles. The molecule has 2 N–H and O–H groups in total. The third kappa shape index (κ3) is 7.94. The molecule has 0 saturated heterocycles. The van der Waals surface area contributed by atoms with Crippen LogP contribution in [0.2, 0.25) is 0 Å². The van der Waals surface area contributed by atoms with Gasteiger partial charge < -0.3 is 14.5 Å². The number of phosphoric acid groups is 1. The zero-order valence-corrected chi connectivity index (χ0v) is 8.86. The summed E-state index contributed by atoms with van der Waals surface area (Å²) < 4.78 is 19.0. The third-order valence-corrected chi connectivity index (χ3v) is 1.58. The second-order valence-corrected chi connectivity index (χ2v) is 3.75. The number of rotatable bonds is 5. The van der Waals surface area contributed by atoms with Crippen LogP contribution in [0.3, 0.4) is 0 Å². The molecule has 14 heavy (non-hydrogen) atoms. The highest BCUT2D eigenvalue weighted by Gasteiger charge is 2.13. The number of hydrogen-bond acceptors (Lipinski definition) is 4. The van der Waals surface area contributed by atoms with Crippen molar-refractivity contribution >= 4 is 13.8 Å². The molecule has 0 aliphatic carbocycles. The fraction of sp³-hybridized carbons (Fsp3) is 0.571. The van der Waals surface area contributed by atoms with Gasteiger partial charge in [0.25, 0.3) is 0 Å². The minimum Gasteiger partial charge on any atom is -0.463 e. The van der Waals surface area contributed by atoms with Gasteiger partial charge in [0.15, 0.2) is 0 Å². The Balaban J connectivity index is 4.01. The average Bonchev–Trinajstić information content (AvgIpc) is 2.00. The van der Waals surface area contributed by atoms with E-state index in [1.807, 2.05) is 0 Å². The summed E-state index contributed by atoms with van der Waals surface area (Å²) in [6, 6.07) is 0. The van der Waals surface area contributed by atoms with Gasteiger partial charge in [0.2, 0.25) is 0 Å². The van der Waals surface area contributed by atoms with Crippen LogP contribution in [0.15, 0.2) is 11.6 Å². The van der Waals surface area contributed by atoms with E-state index in [1.54, 1.807) is 6.92 Å². The van der Waals surface area contributed by atoms with E-state index in [0.717, 1.165) is 6.08 Å². The van der Waals surface area contributed by atoms with Crippen molar-refractivity contribution in [2.75, 3.05) is 13.2 Å². The Kier molecular flexibility index (Phi) is 5.64. The van der Waals surface area contributed by atoms with Crippen LogP contribution in [0.5, 0.6) is 0 Å². The van der Waals surface area contributed by atoms with Crippen molar-refractivity contribution in [2.24, 2.45) is 0 Å². The average molecular weight is 224 g/mol. The molecule has 0 atom stereocenters. The fourth-order valence-electron chi connectivity index (χ4n) is 0.613. The van der Waals surface area contributed by atoms with Gasteiger partial charge in [0, 0.05) is 6.08 Å². The summed E-state index contributed by atoms with van der Waals surface area (Å²) in [5.74, 6) is -0.556. The zero-order valence-electron chi connectivity index (χ0n) is 7.97. The molecule has 0 unspecified atom stereocenters. The van der Waals surface area contributed by atoms with E-state index in [0.29, 0.717) is 5.57 Å². The van der Waals surface area contributed by atoms with E-state index >= 15 is 0 Å². The number of carbonyl (C=O) groups is 1. The normalized spacial score (nSPS) is 12.7. The van der Waals surface area contributed by atoms with E-state index in [9.17, 15) is 9.36 Å². The predicted molar refractivity (Wildman–Crippen MR) is 48.4 cm³/mol. The lowest BCUT2D eigenvalue weighted by Crippen LogP contribution is -2.02. The number of hydrogen-bond donors (Lipinski definition) is 2. The first-order valence-corrected chi connectivity index (χ1v) is 5.42. The maximum absolute atomic E-state index is 10.8. The van der Waals surface area contributed by atoms with Crippen molar-refractivity contribution in [1.82, 2.24) is 0 Å². The fourth-order valence-corrected chi connectivity index (χ4v) is 0.984. The zero-order chi connectivity index (χ0) is 11.2. The molecule has 0 saturated carbocycles. The van der Waals surface area contributed by atoms with Crippen molar-refractivity contribution in [2.45, 2.75) is 13.8 Å². The van der Waals surface area contributed by atoms with Crippen molar-refractivity contribution < 1.29 is 28.4 Å². The van der Waals surface area contributed by atoms with Crippen LogP contribution < -0.4 is 0 Å². The van der Waals surface area contributed by atoms with Gasteiger partial charge in [0.05, 0.1) is 13.2 Å². The third-order valence-electron chi connectivity index (χ3n) is 1.11. The van der Waals surface area contributed by atoms with Crippen LogP contribution in [0.25, 0.3) is 0 Å². The summed E-state index contributed by atoms with van der Waals surface area (Å²) in [6.45, 7) is 3.12. The van der Waals surface area contributed by atoms with Crippen LogP contribution >= 0.6 is 7.82 Å². The molecular formula is C7H13O6P. The van der Waals surface area contributed by atoms with Crippen molar-refractivity contribution in [3.05, 3.63) is 11.6 Å². The summed E-state index contributed by atoms with van der Waals surface area (Å²) in [5.41, 5.74) is 0.381. The maximum Gasteiger partial charge on any atom is 0.469 e. The minimum absolute atomic E-state index is 0.252. The monoisotopic (exact) mass is 224 g/mol. The van der Waals surface area contributed by atoms with Crippen LogP contribution in [0, 0.1) is 0 Å². The van der Waals surface area contributed by atoms with E-state index < -0.39 is 13.8 Å². The van der Waals surface area contributed by atoms with Gasteiger partial charge in [-0.15, -0.1) is 0 Å². The number of ether oxygens (including phenoxy) is 1. The molecule has 0 bridgehead atoms. The molecule has 0 aliphatic rings. The molecule has 0 radical (unpaired) electrons. The van der Waals surface area contributed by atoms with Crippen LogP contribution in [-0.4, -0.2) is 29.0 Å². The first-order valence-electron chi connectivity index (χ1n) is 3.89. The van der Waals surface area contributed by atoms with Crippen LogP contribution in [0.4, 0.5) is 0 Å². The first-order chi connectivity index (χ1) is 6.35. The lowest BCUT2D eigenvalue weighted by Gasteiger charge is -2.04. The Morgan fingerprint density at radius 1 is 1.50 bits per heavy atom. The van der Waals surface area contributed by atoms with Crippen molar-refractivity contribution in [3.63, 3.8) is 0 Å². The van der Waals surface area contributed by atoms with E-state index in [2.05, 4.69) is 9.26 Å². The molecule has 82 valence electrons. The molecule has 0 aliphatic heterocycles. The smallest absolute Gasteiger partial charge is 0.463 e. The minimum atomic E-state index is -4.47. The van der Waals surface area contributed by atoms with Crippen molar-refractivity contribution in [1.29, 1.82) is 0 Å². The topological polar surface area (TPSA) is 93.1 Å². The van der Waals surface area contributed by atoms with Crippen LogP contribution in [-0.2, 0) is 18.6 Å². The summed E-state index contributed by atoms with van der Waals surface area (Å²) >= 11 is 0. The molecule has 0 spiro atoms. The van der Waals surface area contributed by atoms with Crippen LogP contribution in [0.1, 0.15) is 13.8 Å². The lowest BCUT2D eigenvalue weighted by atomic mass is 10.3. The van der Waals surface area contributed by atoms with Gasteiger partial charge in [0.1, 0.15) is 0 Å². The molecule has 0 aromatic heterocycles. The summed E-state index contributed by atoms with van der Waals surface area (Å²) in [5, 5.41) is 0. The highest BCUT2D eigenvalue weighted by molar-refractivity contribution is 7.46. The van der Waals surface area contributed by atoms with Gasteiger partial charge in [-0.3, -0.25) is 4.52 Å². The second-order valence-electron chi connectivity index (χ2n) is 2.51. The molecule has 0 rings (SSSR count). The Hall–Kier alpha value is -0.680. The van der Waals surface area contributed by atoms with E-state index in [-0.39, 0.29) is 13.2 Å². The Morgan fingerprint density at radius 3 is 2.50 bits per heavy atom. The number of esters is 1. The molecule has 0 aromatic carbocycles. The van der Waals surface area contributed by atoms with Gasteiger partial charge in [-0.05, 0) is 19.4 Å². The Morgan fingerprint density at radius 2 is 2.07 bits per heavy atom. The highest BCUT2D eigenvalue weighted by atomic mass is 31.2. The summed E-state index contributed by atoms with van der Waals surface area (Å²) in [6.07, 6.45) is 1.12. The standard InChI is InChI=1S/C7H13O6P/c1-3-12-7(8)4-6(2)5-13-14(9,10)11/h4H,3,5H2,1-2H3,(H2,9,10,11)/b6-4+. The van der Waals surface area contributed by atoms with E-state index in [1.165, 1.54) is 6.92 Å². The molecule has 0 amide bonds. The molecular weight excluding hydrogens is 211 g/mol. The summed E-state index contributed by atoms with van der Waals surface area (Å²) in [7, 11) is -4.47. The second kappa shape index (κ2) is 5.93. The Bertz CT molecular complexity index is 265. The number of carbonyl (C=O) groups excluding carboxylic acids is 1. The molecule has 0 aromatic rings. The predicted octanol–water partition coefficient (Wildman–Crippen LogP) is 0.605. The first kappa shape index (κ1) is 13.3. The quantitative estimate of drug-likeness (QED) is 0.403. The van der Waals surface area contributed by atoms with Gasteiger partial charge in [-0.2, -0.15) is 0 Å². The molecule has 0 fully saturated rings. The SMILES string of the molecule is CCOC(=O)/C=C(\C)COP(=O)(O)O. The number of phosphoric ester groups is 1. The van der Waals surface area contributed by atoms with Gasteiger partial charge in [-0.25, -0.2) is 9.36 Å². The lowest BCUT2D eigenvalue weighted by molar-refractivity contribution is -0.137.